The number of alkyl halides is 3. The summed E-state index contributed by atoms with van der Waals surface area (Å²) in [5.41, 5.74) is -1.01. The third-order valence-corrected chi connectivity index (χ3v) is 3.41. The van der Waals surface area contributed by atoms with Gasteiger partial charge in [0, 0.05) is 0 Å². The predicted molar refractivity (Wildman–Crippen MR) is 54.6 cm³/mol. The Morgan fingerprint density at radius 1 is 1.38 bits per heavy atom. The monoisotopic (exact) mass is 234 g/mol. The summed E-state index contributed by atoms with van der Waals surface area (Å²) in [7, 11) is 0. The highest BCUT2D eigenvalue weighted by molar-refractivity contribution is 5.12. The molecule has 3 atom stereocenters. The summed E-state index contributed by atoms with van der Waals surface area (Å²) in [6.45, 7) is 2.74. The highest BCUT2D eigenvalue weighted by atomic mass is 19.4. The predicted octanol–water partition coefficient (Wildman–Crippen LogP) is 2.86. The average molecular weight is 234 g/mol. The largest absolute Gasteiger partial charge is 0.401 e. The van der Waals surface area contributed by atoms with E-state index in [2.05, 4.69) is 11.4 Å². The molecule has 16 heavy (non-hydrogen) atoms. The minimum atomic E-state index is -4.26. The molecule has 1 rings (SSSR count). The number of halogens is 3. The Labute approximate surface area is 93.8 Å². The molecule has 92 valence electrons. The van der Waals surface area contributed by atoms with E-state index in [0.29, 0.717) is 12.3 Å². The molecule has 0 spiro atoms. The summed E-state index contributed by atoms with van der Waals surface area (Å²) in [6, 6.07) is 2.06. The lowest BCUT2D eigenvalue weighted by molar-refractivity contribution is -0.129. The van der Waals surface area contributed by atoms with Crippen molar-refractivity contribution in [1.29, 1.82) is 5.26 Å². The second kappa shape index (κ2) is 4.62. The van der Waals surface area contributed by atoms with Gasteiger partial charge in [-0.1, -0.05) is 20.3 Å². The summed E-state index contributed by atoms with van der Waals surface area (Å²) >= 11 is 0. The van der Waals surface area contributed by atoms with Crippen LogP contribution in [-0.2, 0) is 0 Å². The maximum atomic E-state index is 12.2. The third-order valence-electron chi connectivity index (χ3n) is 3.41. The molecule has 1 aliphatic rings. The summed E-state index contributed by atoms with van der Waals surface area (Å²) in [5.74, 6) is 0.271. The molecule has 0 bridgehead atoms. The van der Waals surface area contributed by atoms with Crippen LogP contribution >= 0.6 is 0 Å². The normalized spacial score (nSPS) is 35.8. The van der Waals surface area contributed by atoms with Crippen LogP contribution < -0.4 is 5.32 Å². The molecule has 0 amide bonds. The van der Waals surface area contributed by atoms with Crippen molar-refractivity contribution in [1.82, 2.24) is 5.32 Å². The van der Waals surface area contributed by atoms with Gasteiger partial charge in [0.1, 0.15) is 5.54 Å². The fraction of sp³-hybridized carbons (Fsp3) is 0.909. The van der Waals surface area contributed by atoms with E-state index >= 15 is 0 Å². The first-order chi connectivity index (χ1) is 7.29. The number of rotatable bonds is 2. The lowest BCUT2D eigenvalue weighted by Crippen LogP contribution is -2.55. The topological polar surface area (TPSA) is 35.8 Å². The molecular formula is C11H17F3N2. The first-order valence-corrected chi connectivity index (χ1v) is 5.52. The minimum absolute atomic E-state index is 0.0314. The van der Waals surface area contributed by atoms with Crippen molar-refractivity contribution >= 4 is 0 Å². The Morgan fingerprint density at radius 3 is 2.50 bits per heavy atom. The van der Waals surface area contributed by atoms with Gasteiger partial charge in [-0.05, 0) is 24.7 Å². The summed E-state index contributed by atoms with van der Waals surface area (Å²) < 4.78 is 36.5. The van der Waals surface area contributed by atoms with Crippen LogP contribution in [0.25, 0.3) is 0 Å². The van der Waals surface area contributed by atoms with Crippen LogP contribution in [0.3, 0.4) is 0 Å². The van der Waals surface area contributed by atoms with Gasteiger partial charge in [-0.3, -0.25) is 5.32 Å². The van der Waals surface area contributed by atoms with Crippen LogP contribution in [0.2, 0.25) is 0 Å². The fourth-order valence-electron chi connectivity index (χ4n) is 2.33. The lowest BCUT2D eigenvalue weighted by Gasteiger charge is -2.40. The Hall–Kier alpha value is -0.760. The average Bonchev–Trinajstić information content (AvgIpc) is 2.19. The zero-order valence-electron chi connectivity index (χ0n) is 9.56. The van der Waals surface area contributed by atoms with Crippen LogP contribution in [0.4, 0.5) is 13.2 Å². The standard InChI is InChI=1S/C11H17F3N2/c1-8-3-4-9(2)10(5-8,6-15)16-7-11(12,13)14/h8-9,16H,3-5,7H2,1-2H3. The smallest absolute Gasteiger partial charge is 0.291 e. The molecule has 0 aromatic rings. The molecule has 0 radical (unpaired) electrons. The van der Waals surface area contributed by atoms with Crippen molar-refractivity contribution < 1.29 is 13.2 Å². The number of nitriles is 1. The zero-order valence-corrected chi connectivity index (χ0v) is 9.56. The van der Waals surface area contributed by atoms with Gasteiger partial charge >= 0.3 is 6.18 Å². The first-order valence-electron chi connectivity index (χ1n) is 5.52. The van der Waals surface area contributed by atoms with Crippen LogP contribution in [0.15, 0.2) is 0 Å². The Kier molecular flexibility index (Phi) is 3.84. The minimum Gasteiger partial charge on any atom is -0.291 e. The maximum Gasteiger partial charge on any atom is 0.401 e. The van der Waals surface area contributed by atoms with Crippen molar-refractivity contribution in [2.45, 2.75) is 44.8 Å². The molecule has 0 aromatic heterocycles. The summed E-state index contributed by atoms with van der Waals surface area (Å²) in [4.78, 5) is 0. The van der Waals surface area contributed by atoms with E-state index in [1.54, 1.807) is 0 Å². The van der Waals surface area contributed by atoms with E-state index in [1.807, 2.05) is 13.8 Å². The highest BCUT2D eigenvalue weighted by Gasteiger charge is 2.43. The van der Waals surface area contributed by atoms with Gasteiger partial charge in [-0.25, -0.2) is 0 Å². The number of nitrogens with one attached hydrogen (secondary N) is 1. The Balaban J connectivity index is 2.72. The van der Waals surface area contributed by atoms with Crippen molar-refractivity contribution in [2.24, 2.45) is 11.8 Å². The van der Waals surface area contributed by atoms with Gasteiger partial charge in [0.2, 0.25) is 0 Å². The van der Waals surface area contributed by atoms with E-state index in [9.17, 15) is 13.2 Å². The number of nitrogens with zero attached hydrogens (tertiary/aromatic N) is 1. The molecule has 0 aliphatic heterocycles. The van der Waals surface area contributed by atoms with E-state index in [1.165, 1.54) is 0 Å². The van der Waals surface area contributed by atoms with Crippen molar-refractivity contribution in [3.63, 3.8) is 0 Å². The molecule has 1 aliphatic carbocycles. The van der Waals surface area contributed by atoms with Gasteiger partial charge in [0.05, 0.1) is 12.6 Å². The van der Waals surface area contributed by atoms with Crippen molar-refractivity contribution in [3.8, 4) is 6.07 Å². The molecular weight excluding hydrogens is 217 g/mol. The molecule has 0 saturated heterocycles. The van der Waals surface area contributed by atoms with Gasteiger partial charge in [-0.2, -0.15) is 18.4 Å². The van der Waals surface area contributed by atoms with Crippen LogP contribution in [0, 0.1) is 23.2 Å². The van der Waals surface area contributed by atoms with Crippen LogP contribution in [0.5, 0.6) is 0 Å². The Morgan fingerprint density at radius 2 is 2.00 bits per heavy atom. The fourth-order valence-corrected chi connectivity index (χ4v) is 2.33. The van der Waals surface area contributed by atoms with Crippen molar-refractivity contribution in [3.05, 3.63) is 0 Å². The molecule has 3 unspecified atom stereocenters. The van der Waals surface area contributed by atoms with Crippen LogP contribution in [0.1, 0.15) is 33.1 Å². The molecule has 1 saturated carbocycles. The van der Waals surface area contributed by atoms with E-state index in [-0.39, 0.29) is 5.92 Å². The molecule has 2 nitrogen and oxygen atoms in total. The van der Waals surface area contributed by atoms with Gasteiger partial charge in [0.25, 0.3) is 0 Å². The summed E-state index contributed by atoms with van der Waals surface area (Å²) in [6.07, 6.45) is -1.97. The number of hydrogen-bond donors (Lipinski definition) is 1. The van der Waals surface area contributed by atoms with Gasteiger partial charge < -0.3 is 0 Å². The van der Waals surface area contributed by atoms with E-state index < -0.39 is 18.3 Å². The molecule has 5 heteroatoms. The quantitative estimate of drug-likeness (QED) is 0.797. The van der Waals surface area contributed by atoms with Gasteiger partial charge in [-0.15, -0.1) is 0 Å². The zero-order chi connectivity index (χ0) is 12.4. The number of hydrogen-bond acceptors (Lipinski definition) is 2. The lowest BCUT2D eigenvalue weighted by atomic mass is 9.70. The SMILES string of the molecule is CC1CCC(C)C(C#N)(NCC(F)(F)F)C1. The Bertz CT molecular complexity index is 282. The molecule has 1 fully saturated rings. The second-order valence-electron chi connectivity index (χ2n) is 4.84. The van der Waals surface area contributed by atoms with E-state index in [4.69, 9.17) is 5.26 Å². The third kappa shape index (κ3) is 3.11. The molecule has 0 heterocycles. The summed E-state index contributed by atoms with van der Waals surface area (Å²) in [5, 5.41) is 11.6. The highest BCUT2D eigenvalue weighted by Crippen LogP contribution is 2.36. The van der Waals surface area contributed by atoms with E-state index in [0.717, 1.165) is 12.8 Å². The molecule has 1 N–H and O–H groups in total. The maximum absolute atomic E-state index is 12.2. The molecule has 0 aromatic carbocycles. The van der Waals surface area contributed by atoms with Crippen LogP contribution in [-0.4, -0.2) is 18.3 Å². The van der Waals surface area contributed by atoms with Crippen molar-refractivity contribution in [2.75, 3.05) is 6.54 Å². The first kappa shape index (κ1) is 13.3. The second-order valence-corrected chi connectivity index (χ2v) is 4.84. The van der Waals surface area contributed by atoms with Gasteiger partial charge in [0.15, 0.2) is 0 Å².